The Bertz CT molecular complexity index is 765. The van der Waals surface area contributed by atoms with Gasteiger partial charge in [0.2, 0.25) is 5.78 Å². The second-order valence-corrected chi connectivity index (χ2v) is 4.53. The van der Waals surface area contributed by atoms with Crippen LogP contribution in [0.15, 0.2) is 42.5 Å². The summed E-state index contributed by atoms with van der Waals surface area (Å²) in [4.78, 5) is 12.3. The zero-order valence-corrected chi connectivity index (χ0v) is 10.4. The number of aromatic amines is 1. The van der Waals surface area contributed by atoms with Crippen molar-refractivity contribution in [3.63, 3.8) is 0 Å². The van der Waals surface area contributed by atoms with Crippen molar-refractivity contribution < 1.29 is 9.18 Å². The third kappa shape index (κ3) is 2.11. The molecule has 5 heteroatoms. The van der Waals surface area contributed by atoms with Crippen LogP contribution in [0.4, 0.5) is 4.39 Å². The number of H-pyrrole nitrogens is 1. The third-order valence-electron chi connectivity index (χ3n) is 2.85. The molecule has 1 heterocycles. The number of nitrogens with one attached hydrogen (secondary N) is 1. The highest BCUT2D eigenvalue weighted by atomic mass is 35.5. The molecule has 3 rings (SSSR count). The number of aromatic nitrogens is 2. The number of nitrogens with zero attached hydrogens (tertiary/aromatic N) is 1. The highest BCUT2D eigenvalue weighted by Gasteiger charge is 2.16. The number of carbonyl (C=O) groups is 1. The van der Waals surface area contributed by atoms with Gasteiger partial charge < -0.3 is 0 Å². The maximum Gasteiger partial charge on any atom is 0.213 e. The Morgan fingerprint density at radius 2 is 1.89 bits per heavy atom. The molecule has 0 aliphatic rings. The standard InChI is InChI=1S/C14H8ClFN2O/c15-9-3-1-8(2-4-9)14(19)13-11-6-5-10(16)7-12(11)17-18-13/h1-7H,(H,17,18). The van der Waals surface area contributed by atoms with Crippen molar-refractivity contribution in [1.29, 1.82) is 0 Å². The number of halogens is 2. The molecule has 0 unspecified atom stereocenters. The minimum atomic E-state index is -0.373. The Morgan fingerprint density at radius 1 is 1.16 bits per heavy atom. The molecule has 94 valence electrons. The molecule has 0 radical (unpaired) electrons. The normalized spacial score (nSPS) is 10.8. The fourth-order valence-electron chi connectivity index (χ4n) is 1.90. The van der Waals surface area contributed by atoms with Crippen molar-refractivity contribution in [2.45, 2.75) is 0 Å². The summed E-state index contributed by atoms with van der Waals surface area (Å²) in [6.07, 6.45) is 0. The van der Waals surface area contributed by atoms with E-state index in [1.807, 2.05) is 0 Å². The predicted octanol–water partition coefficient (Wildman–Crippen LogP) is 3.59. The highest BCUT2D eigenvalue weighted by Crippen LogP contribution is 2.20. The van der Waals surface area contributed by atoms with Crippen molar-refractivity contribution in [3.05, 3.63) is 64.6 Å². The van der Waals surface area contributed by atoms with Gasteiger partial charge in [-0.1, -0.05) is 11.6 Å². The topological polar surface area (TPSA) is 45.8 Å². The first-order chi connectivity index (χ1) is 9.15. The van der Waals surface area contributed by atoms with Crippen LogP contribution in [-0.4, -0.2) is 16.0 Å². The van der Waals surface area contributed by atoms with E-state index in [-0.39, 0.29) is 17.3 Å². The molecule has 3 nitrogen and oxygen atoms in total. The molecule has 2 aromatic carbocycles. The van der Waals surface area contributed by atoms with Crippen LogP contribution in [0.1, 0.15) is 16.1 Å². The van der Waals surface area contributed by atoms with Crippen molar-refractivity contribution in [1.82, 2.24) is 10.2 Å². The van der Waals surface area contributed by atoms with Crippen molar-refractivity contribution >= 4 is 28.3 Å². The molecule has 0 aliphatic heterocycles. The molecule has 0 atom stereocenters. The molecule has 0 spiro atoms. The zero-order chi connectivity index (χ0) is 13.4. The summed E-state index contributed by atoms with van der Waals surface area (Å²) in [5, 5.41) is 7.77. The second kappa shape index (κ2) is 4.48. The van der Waals surface area contributed by atoms with Crippen LogP contribution in [0.2, 0.25) is 5.02 Å². The quantitative estimate of drug-likeness (QED) is 0.726. The van der Waals surface area contributed by atoms with E-state index >= 15 is 0 Å². The lowest BCUT2D eigenvalue weighted by molar-refractivity contribution is 0.103. The molecule has 0 saturated heterocycles. The van der Waals surface area contributed by atoms with E-state index in [0.29, 0.717) is 21.5 Å². The Balaban J connectivity index is 2.09. The van der Waals surface area contributed by atoms with Gasteiger partial charge >= 0.3 is 0 Å². The van der Waals surface area contributed by atoms with E-state index in [9.17, 15) is 9.18 Å². The van der Waals surface area contributed by atoms with Gasteiger partial charge in [-0.15, -0.1) is 0 Å². The third-order valence-corrected chi connectivity index (χ3v) is 3.10. The largest absolute Gasteiger partial charge is 0.287 e. The van der Waals surface area contributed by atoms with E-state index in [1.165, 1.54) is 18.2 Å². The molecular weight excluding hydrogens is 267 g/mol. The van der Waals surface area contributed by atoms with Crippen LogP contribution in [-0.2, 0) is 0 Å². The minimum absolute atomic E-state index is 0.227. The fraction of sp³-hybridized carbons (Fsp3) is 0. The van der Waals surface area contributed by atoms with E-state index in [1.54, 1.807) is 24.3 Å². The van der Waals surface area contributed by atoms with Crippen LogP contribution in [0.25, 0.3) is 10.9 Å². The van der Waals surface area contributed by atoms with Crippen LogP contribution in [0.3, 0.4) is 0 Å². The van der Waals surface area contributed by atoms with Gasteiger partial charge in [0.15, 0.2) is 0 Å². The number of fused-ring (bicyclic) bond motifs is 1. The van der Waals surface area contributed by atoms with E-state index in [4.69, 9.17) is 11.6 Å². The van der Waals surface area contributed by atoms with Gasteiger partial charge in [0, 0.05) is 16.0 Å². The van der Waals surface area contributed by atoms with Gasteiger partial charge in [0.05, 0.1) is 5.52 Å². The molecule has 0 saturated carbocycles. The van der Waals surface area contributed by atoms with E-state index in [2.05, 4.69) is 10.2 Å². The first kappa shape index (κ1) is 11.9. The van der Waals surface area contributed by atoms with Crippen LogP contribution >= 0.6 is 11.6 Å². The lowest BCUT2D eigenvalue weighted by Crippen LogP contribution is -2.02. The van der Waals surface area contributed by atoms with Gasteiger partial charge in [-0.25, -0.2) is 4.39 Å². The molecule has 3 aromatic rings. The Kier molecular flexibility index (Phi) is 2.80. The monoisotopic (exact) mass is 274 g/mol. The summed E-state index contributed by atoms with van der Waals surface area (Å²) in [5.41, 5.74) is 1.26. The van der Waals surface area contributed by atoms with Gasteiger partial charge in [0.25, 0.3) is 0 Å². The van der Waals surface area contributed by atoms with E-state index in [0.717, 1.165) is 0 Å². The smallest absolute Gasteiger partial charge is 0.213 e. The number of rotatable bonds is 2. The molecule has 0 aliphatic carbocycles. The van der Waals surface area contributed by atoms with Crippen LogP contribution in [0, 0.1) is 5.82 Å². The molecule has 0 bridgehead atoms. The van der Waals surface area contributed by atoms with Crippen molar-refractivity contribution in [3.8, 4) is 0 Å². The molecule has 0 fully saturated rings. The summed E-state index contributed by atoms with van der Waals surface area (Å²) in [7, 11) is 0. The molecule has 19 heavy (non-hydrogen) atoms. The lowest BCUT2D eigenvalue weighted by Gasteiger charge is -1.98. The van der Waals surface area contributed by atoms with Crippen molar-refractivity contribution in [2.24, 2.45) is 0 Å². The average Bonchev–Trinajstić information content (AvgIpc) is 2.81. The summed E-state index contributed by atoms with van der Waals surface area (Å²) in [6, 6.07) is 10.7. The highest BCUT2D eigenvalue weighted by molar-refractivity contribution is 6.30. The Hall–Kier alpha value is -2.20. The summed E-state index contributed by atoms with van der Waals surface area (Å²) < 4.78 is 13.1. The van der Waals surface area contributed by atoms with Crippen molar-refractivity contribution in [2.75, 3.05) is 0 Å². The van der Waals surface area contributed by atoms with Gasteiger partial charge in [-0.3, -0.25) is 9.89 Å². The molecule has 1 N–H and O–H groups in total. The summed E-state index contributed by atoms with van der Waals surface area (Å²) in [5.74, 6) is -0.601. The number of carbonyl (C=O) groups excluding carboxylic acids is 1. The predicted molar refractivity (Wildman–Crippen MR) is 70.9 cm³/mol. The Labute approximate surface area is 113 Å². The molecule has 0 amide bonds. The second-order valence-electron chi connectivity index (χ2n) is 4.10. The van der Waals surface area contributed by atoms with Gasteiger partial charge in [0.1, 0.15) is 11.5 Å². The number of ketones is 1. The van der Waals surface area contributed by atoms with E-state index < -0.39 is 0 Å². The minimum Gasteiger partial charge on any atom is -0.287 e. The molecular formula is C14H8ClFN2O. The first-order valence-electron chi connectivity index (χ1n) is 5.59. The van der Waals surface area contributed by atoms with Gasteiger partial charge in [-0.2, -0.15) is 5.10 Å². The van der Waals surface area contributed by atoms with Crippen LogP contribution in [0.5, 0.6) is 0 Å². The zero-order valence-electron chi connectivity index (χ0n) is 9.65. The van der Waals surface area contributed by atoms with Gasteiger partial charge in [-0.05, 0) is 42.5 Å². The summed E-state index contributed by atoms with van der Waals surface area (Å²) >= 11 is 5.78. The SMILES string of the molecule is O=C(c1ccc(Cl)cc1)c1n[nH]c2cc(F)ccc12. The Morgan fingerprint density at radius 3 is 2.63 bits per heavy atom. The van der Waals surface area contributed by atoms with Crippen LogP contribution < -0.4 is 0 Å². The average molecular weight is 275 g/mol. The first-order valence-corrected chi connectivity index (χ1v) is 5.97. The number of hydrogen-bond acceptors (Lipinski definition) is 2. The summed E-state index contributed by atoms with van der Waals surface area (Å²) in [6.45, 7) is 0. The maximum absolute atomic E-state index is 13.1. The maximum atomic E-state index is 13.1. The number of benzene rings is 2. The fourth-order valence-corrected chi connectivity index (χ4v) is 2.03. The number of hydrogen-bond donors (Lipinski definition) is 1. The lowest BCUT2D eigenvalue weighted by atomic mass is 10.1. The molecule has 1 aromatic heterocycles.